The third kappa shape index (κ3) is 3.56. The van der Waals surface area contributed by atoms with Gasteiger partial charge in [-0.2, -0.15) is 18.2 Å². The molecule has 0 saturated heterocycles. The maximum atomic E-state index is 12.6. The highest BCUT2D eigenvalue weighted by Crippen LogP contribution is 2.29. The van der Waals surface area contributed by atoms with Crippen molar-refractivity contribution in [1.29, 1.82) is 0 Å². The fourth-order valence-corrected chi connectivity index (χ4v) is 1.44. The van der Waals surface area contributed by atoms with Crippen LogP contribution in [0.15, 0.2) is 6.07 Å². The molecule has 1 aromatic heterocycles. The number of hydrogen-bond acceptors (Lipinski definition) is 4. The lowest BCUT2D eigenvalue weighted by atomic mass is 10.3. The van der Waals surface area contributed by atoms with E-state index in [2.05, 4.69) is 15.3 Å². The summed E-state index contributed by atoms with van der Waals surface area (Å²) in [7, 11) is 0. The van der Waals surface area contributed by atoms with Crippen molar-refractivity contribution in [1.82, 2.24) is 15.3 Å². The van der Waals surface area contributed by atoms with Crippen LogP contribution in [0.4, 0.5) is 13.2 Å². The molecule has 0 aromatic carbocycles. The van der Waals surface area contributed by atoms with Crippen molar-refractivity contribution >= 4 is 0 Å². The summed E-state index contributed by atoms with van der Waals surface area (Å²) in [6, 6.07) is 1.21. The molecule has 1 saturated carbocycles. The Morgan fingerprint density at radius 1 is 1.39 bits per heavy atom. The highest BCUT2D eigenvalue weighted by atomic mass is 19.4. The number of alkyl halides is 3. The molecule has 0 unspecified atom stereocenters. The normalized spacial score (nSPS) is 15.8. The van der Waals surface area contributed by atoms with Gasteiger partial charge in [-0.3, -0.25) is 0 Å². The van der Waals surface area contributed by atoms with Crippen molar-refractivity contribution in [3.05, 3.63) is 17.6 Å². The molecule has 2 rings (SSSR count). The Hall–Kier alpha value is -1.37. The molecule has 1 aromatic rings. The molecule has 0 spiro atoms. The number of hydrogen-bond donors (Lipinski definition) is 1. The van der Waals surface area contributed by atoms with Crippen LogP contribution in [0.1, 0.15) is 31.3 Å². The fraction of sp³-hybridized carbons (Fsp3) is 0.636. The van der Waals surface area contributed by atoms with Crippen LogP contribution in [0.25, 0.3) is 0 Å². The molecule has 1 aliphatic carbocycles. The highest BCUT2D eigenvalue weighted by molar-refractivity contribution is 5.18. The molecule has 18 heavy (non-hydrogen) atoms. The van der Waals surface area contributed by atoms with Crippen LogP contribution in [0, 0.1) is 0 Å². The summed E-state index contributed by atoms with van der Waals surface area (Å²) in [6.07, 6.45) is -2.38. The van der Waals surface area contributed by atoms with E-state index in [0.717, 1.165) is 18.9 Å². The summed E-state index contributed by atoms with van der Waals surface area (Å²) in [5.41, 5.74) is -0.964. The van der Waals surface area contributed by atoms with Gasteiger partial charge in [-0.05, 0) is 19.8 Å². The molecule has 1 aliphatic rings. The SMILES string of the molecule is CCOc1cc(C(F)(F)F)nc(CNC2CC2)n1. The van der Waals surface area contributed by atoms with Gasteiger partial charge in [0.15, 0.2) is 5.69 Å². The first-order chi connectivity index (χ1) is 8.49. The van der Waals surface area contributed by atoms with E-state index in [0.29, 0.717) is 6.04 Å². The molecule has 1 N–H and O–H groups in total. The van der Waals surface area contributed by atoms with E-state index in [9.17, 15) is 13.2 Å². The zero-order valence-corrected chi connectivity index (χ0v) is 9.92. The number of halogens is 3. The predicted molar refractivity (Wildman–Crippen MR) is 58.1 cm³/mol. The molecule has 0 amide bonds. The first kappa shape index (κ1) is 13.1. The Morgan fingerprint density at radius 3 is 2.67 bits per heavy atom. The first-order valence-electron chi connectivity index (χ1n) is 5.80. The Kier molecular flexibility index (Phi) is 3.70. The van der Waals surface area contributed by atoms with Gasteiger partial charge in [0, 0.05) is 12.1 Å². The van der Waals surface area contributed by atoms with Gasteiger partial charge in [-0.25, -0.2) is 4.98 Å². The largest absolute Gasteiger partial charge is 0.478 e. The molecule has 4 nitrogen and oxygen atoms in total. The fourth-order valence-electron chi connectivity index (χ4n) is 1.44. The van der Waals surface area contributed by atoms with Crippen molar-refractivity contribution in [3.8, 4) is 5.88 Å². The van der Waals surface area contributed by atoms with Gasteiger partial charge >= 0.3 is 6.18 Å². The summed E-state index contributed by atoms with van der Waals surface area (Å²) < 4.78 is 42.9. The molecule has 0 bridgehead atoms. The summed E-state index contributed by atoms with van der Waals surface area (Å²) >= 11 is 0. The Morgan fingerprint density at radius 2 is 2.11 bits per heavy atom. The van der Waals surface area contributed by atoms with E-state index in [1.165, 1.54) is 0 Å². The van der Waals surface area contributed by atoms with Gasteiger partial charge in [-0.15, -0.1) is 0 Å². The number of aromatic nitrogens is 2. The van der Waals surface area contributed by atoms with Gasteiger partial charge in [0.1, 0.15) is 5.82 Å². The second-order valence-electron chi connectivity index (χ2n) is 4.09. The van der Waals surface area contributed by atoms with Gasteiger partial charge in [-0.1, -0.05) is 0 Å². The maximum absolute atomic E-state index is 12.6. The Balaban J connectivity index is 2.17. The van der Waals surface area contributed by atoms with Crippen molar-refractivity contribution in [2.45, 2.75) is 38.5 Å². The molecule has 1 fully saturated rings. The third-order valence-electron chi connectivity index (χ3n) is 2.46. The van der Waals surface area contributed by atoms with Crippen molar-refractivity contribution in [3.63, 3.8) is 0 Å². The topological polar surface area (TPSA) is 47.0 Å². The lowest BCUT2D eigenvalue weighted by Gasteiger charge is -2.10. The van der Waals surface area contributed by atoms with E-state index >= 15 is 0 Å². The summed E-state index contributed by atoms with van der Waals surface area (Å²) in [6.45, 7) is 2.19. The van der Waals surface area contributed by atoms with Gasteiger partial charge in [0.05, 0.1) is 13.2 Å². The van der Waals surface area contributed by atoms with Crippen LogP contribution in [0.2, 0.25) is 0 Å². The van der Waals surface area contributed by atoms with E-state index in [1.807, 2.05) is 0 Å². The van der Waals surface area contributed by atoms with Crippen molar-refractivity contribution in [2.75, 3.05) is 6.61 Å². The zero-order chi connectivity index (χ0) is 13.2. The highest BCUT2D eigenvalue weighted by Gasteiger charge is 2.34. The second-order valence-corrected chi connectivity index (χ2v) is 4.09. The zero-order valence-electron chi connectivity index (χ0n) is 9.92. The minimum absolute atomic E-state index is 0.0348. The molecule has 1 heterocycles. The van der Waals surface area contributed by atoms with Crippen LogP contribution in [0.5, 0.6) is 5.88 Å². The van der Waals surface area contributed by atoms with Crippen LogP contribution >= 0.6 is 0 Å². The Bertz CT molecular complexity index is 418. The first-order valence-corrected chi connectivity index (χ1v) is 5.80. The smallest absolute Gasteiger partial charge is 0.433 e. The molecule has 0 aliphatic heterocycles. The number of ether oxygens (including phenoxy) is 1. The van der Waals surface area contributed by atoms with E-state index in [1.54, 1.807) is 6.92 Å². The quantitative estimate of drug-likeness (QED) is 0.882. The molecule has 100 valence electrons. The average Bonchev–Trinajstić information content (AvgIpc) is 3.09. The summed E-state index contributed by atoms with van der Waals surface area (Å²) in [4.78, 5) is 7.45. The van der Waals surface area contributed by atoms with Crippen molar-refractivity contribution < 1.29 is 17.9 Å². The third-order valence-corrected chi connectivity index (χ3v) is 2.46. The lowest BCUT2D eigenvalue weighted by molar-refractivity contribution is -0.141. The van der Waals surface area contributed by atoms with Gasteiger partial charge < -0.3 is 10.1 Å². The standard InChI is InChI=1S/C11H14F3N3O/c1-2-18-10-5-8(11(12,13)14)16-9(17-10)6-15-7-3-4-7/h5,7,15H,2-4,6H2,1H3. The number of nitrogens with zero attached hydrogens (tertiary/aromatic N) is 2. The number of nitrogens with one attached hydrogen (secondary N) is 1. The Labute approximate surface area is 103 Å². The van der Waals surface area contributed by atoms with E-state index < -0.39 is 11.9 Å². The molecular weight excluding hydrogens is 247 g/mol. The van der Waals surface area contributed by atoms with Crippen LogP contribution in [0.3, 0.4) is 0 Å². The van der Waals surface area contributed by atoms with Crippen LogP contribution in [-0.2, 0) is 12.7 Å². The minimum atomic E-state index is -4.48. The second kappa shape index (κ2) is 5.09. The van der Waals surface area contributed by atoms with E-state index in [4.69, 9.17) is 4.74 Å². The summed E-state index contributed by atoms with van der Waals surface area (Å²) in [5.74, 6) is 0.0765. The molecule has 0 atom stereocenters. The predicted octanol–water partition coefficient (Wildman–Crippen LogP) is 2.15. The average molecular weight is 261 g/mol. The van der Waals surface area contributed by atoms with Gasteiger partial charge in [0.2, 0.25) is 5.88 Å². The van der Waals surface area contributed by atoms with Crippen LogP contribution < -0.4 is 10.1 Å². The van der Waals surface area contributed by atoms with E-state index in [-0.39, 0.29) is 24.9 Å². The monoisotopic (exact) mass is 261 g/mol. The molecular formula is C11H14F3N3O. The molecule has 7 heteroatoms. The molecule has 0 radical (unpaired) electrons. The maximum Gasteiger partial charge on any atom is 0.433 e. The minimum Gasteiger partial charge on any atom is -0.478 e. The van der Waals surface area contributed by atoms with Crippen molar-refractivity contribution in [2.24, 2.45) is 0 Å². The van der Waals surface area contributed by atoms with Gasteiger partial charge in [0.25, 0.3) is 0 Å². The van der Waals surface area contributed by atoms with Crippen LogP contribution in [-0.4, -0.2) is 22.6 Å². The lowest BCUT2D eigenvalue weighted by Crippen LogP contribution is -2.20. The number of rotatable bonds is 5. The summed E-state index contributed by atoms with van der Waals surface area (Å²) in [5, 5.41) is 3.07.